The second-order valence-electron chi connectivity index (χ2n) is 7.60. The van der Waals surface area contributed by atoms with Gasteiger partial charge in [0.1, 0.15) is 5.75 Å². The van der Waals surface area contributed by atoms with Crippen molar-refractivity contribution in [3.63, 3.8) is 0 Å². The number of hydrogen-bond acceptors (Lipinski definition) is 6. The highest BCUT2D eigenvalue weighted by Gasteiger charge is 2.33. The zero-order valence-corrected chi connectivity index (χ0v) is 25.0. The number of ether oxygens (including phenoxy) is 2. The van der Waals surface area contributed by atoms with E-state index >= 15 is 0 Å². The Labute approximate surface area is 238 Å². The minimum atomic E-state index is -0.662. The molecule has 0 saturated heterocycles. The van der Waals surface area contributed by atoms with Crippen molar-refractivity contribution in [2.75, 3.05) is 13.2 Å². The number of carbonyl (C=O) groups is 1. The first-order valence-electron chi connectivity index (χ1n) is 10.8. The molecule has 0 amide bonds. The third kappa shape index (κ3) is 5.37. The number of carbonyl (C=O) groups excluding carboxylic acids is 1. The standard InChI is InChI=1S/C25H21ClI2N2O4S/c1-4-33-22-17(27)10-14(11-18(22)28)12-19-23(31)30-21(15-6-8-16(26)9-7-15)20(24(32)34-5-2)13(3)29-25(30)35-19/h6-12,21H,4-5H2,1-3H3/b19-12-/t21-/m0/s1. The van der Waals surface area contributed by atoms with Crippen molar-refractivity contribution in [3.8, 4) is 5.75 Å². The lowest BCUT2D eigenvalue weighted by Crippen LogP contribution is -2.39. The first kappa shape index (κ1) is 26.4. The van der Waals surface area contributed by atoms with Crippen LogP contribution in [0.3, 0.4) is 0 Å². The van der Waals surface area contributed by atoms with Gasteiger partial charge in [-0.25, -0.2) is 9.79 Å². The van der Waals surface area contributed by atoms with Gasteiger partial charge >= 0.3 is 5.97 Å². The lowest BCUT2D eigenvalue weighted by atomic mass is 9.96. The van der Waals surface area contributed by atoms with Gasteiger partial charge in [-0.3, -0.25) is 9.36 Å². The normalized spacial score (nSPS) is 15.6. The molecule has 4 rings (SSSR count). The van der Waals surface area contributed by atoms with Gasteiger partial charge in [0.2, 0.25) is 0 Å². The number of rotatable bonds is 6. The van der Waals surface area contributed by atoms with Crippen LogP contribution in [0.2, 0.25) is 5.02 Å². The molecule has 0 radical (unpaired) electrons. The maximum atomic E-state index is 13.7. The van der Waals surface area contributed by atoms with Gasteiger partial charge in [0.15, 0.2) is 4.80 Å². The summed E-state index contributed by atoms with van der Waals surface area (Å²) in [6, 6.07) is 10.4. The predicted molar refractivity (Wildman–Crippen MR) is 155 cm³/mol. The third-order valence-electron chi connectivity index (χ3n) is 5.31. The Morgan fingerprint density at radius 2 is 1.83 bits per heavy atom. The molecule has 6 nitrogen and oxygen atoms in total. The van der Waals surface area contributed by atoms with Crippen molar-refractivity contribution in [2.45, 2.75) is 26.8 Å². The van der Waals surface area contributed by atoms with E-state index in [1.807, 2.05) is 37.3 Å². The van der Waals surface area contributed by atoms with E-state index in [1.165, 1.54) is 11.3 Å². The fourth-order valence-corrected chi connectivity index (χ4v) is 7.15. The van der Waals surface area contributed by atoms with Crippen LogP contribution in [-0.2, 0) is 9.53 Å². The smallest absolute Gasteiger partial charge is 0.338 e. The molecule has 1 aromatic heterocycles. The quantitative estimate of drug-likeness (QED) is 0.263. The molecule has 3 aromatic rings. The molecule has 10 heteroatoms. The van der Waals surface area contributed by atoms with Gasteiger partial charge in [-0.2, -0.15) is 0 Å². The number of hydrogen-bond donors (Lipinski definition) is 0. The Morgan fingerprint density at radius 1 is 1.17 bits per heavy atom. The van der Waals surface area contributed by atoms with Gasteiger partial charge in [-0.1, -0.05) is 35.1 Å². The number of nitrogens with zero attached hydrogens (tertiary/aromatic N) is 2. The Balaban J connectivity index is 1.91. The molecule has 1 aliphatic rings. The summed E-state index contributed by atoms with van der Waals surface area (Å²) in [7, 11) is 0. The van der Waals surface area contributed by atoms with Crippen LogP contribution in [0.1, 0.15) is 37.9 Å². The molecule has 0 bridgehead atoms. The van der Waals surface area contributed by atoms with Gasteiger partial charge in [0, 0.05) is 5.02 Å². The fraction of sp³-hybridized carbons (Fsp3) is 0.240. The number of benzene rings is 2. The minimum absolute atomic E-state index is 0.220. The van der Waals surface area contributed by atoms with Crippen molar-refractivity contribution in [2.24, 2.45) is 4.99 Å². The summed E-state index contributed by atoms with van der Waals surface area (Å²) in [6.45, 7) is 6.27. The molecule has 1 atom stereocenters. The highest BCUT2D eigenvalue weighted by molar-refractivity contribution is 14.1. The van der Waals surface area contributed by atoms with Gasteiger partial charge in [-0.15, -0.1) is 0 Å². The van der Waals surface area contributed by atoms with E-state index in [9.17, 15) is 9.59 Å². The molecule has 0 saturated carbocycles. The van der Waals surface area contributed by atoms with Crippen molar-refractivity contribution in [3.05, 3.63) is 90.6 Å². The lowest BCUT2D eigenvalue weighted by molar-refractivity contribution is -0.139. The Kier molecular flexibility index (Phi) is 8.39. The van der Waals surface area contributed by atoms with Crippen LogP contribution in [0.15, 0.2) is 57.5 Å². The summed E-state index contributed by atoms with van der Waals surface area (Å²) < 4.78 is 15.1. The predicted octanol–water partition coefficient (Wildman–Crippen LogP) is 5.06. The number of aromatic nitrogens is 1. The molecule has 0 fully saturated rings. The summed E-state index contributed by atoms with van der Waals surface area (Å²) >= 11 is 11.9. The monoisotopic (exact) mass is 734 g/mol. The molecule has 0 N–H and O–H groups in total. The molecular weight excluding hydrogens is 714 g/mol. The molecule has 35 heavy (non-hydrogen) atoms. The fourth-order valence-electron chi connectivity index (χ4n) is 3.85. The van der Waals surface area contributed by atoms with Crippen LogP contribution >= 0.6 is 68.1 Å². The Hall–Kier alpha value is -1.70. The Morgan fingerprint density at radius 3 is 2.43 bits per heavy atom. The van der Waals surface area contributed by atoms with Crippen LogP contribution in [0, 0.1) is 7.14 Å². The van der Waals surface area contributed by atoms with Crippen molar-refractivity contribution in [1.29, 1.82) is 0 Å². The Bertz CT molecular complexity index is 1490. The van der Waals surface area contributed by atoms with Gasteiger partial charge in [0.25, 0.3) is 5.56 Å². The number of fused-ring (bicyclic) bond motifs is 1. The SMILES string of the molecule is CCOC(=O)C1=C(C)N=c2s/c(=C\c3cc(I)c(OCC)c(I)c3)c(=O)n2[C@H]1c1ccc(Cl)cc1. The van der Waals surface area contributed by atoms with Crippen LogP contribution in [0.4, 0.5) is 0 Å². The first-order chi connectivity index (χ1) is 16.7. The number of allylic oxidation sites excluding steroid dienone is 1. The second kappa shape index (κ2) is 11.1. The van der Waals surface area contributed by atoms with E-state index < -0.39 is 12.0 Å². The molecule has 0 spiro atoms. The average Bonchev–Trinajstić information content (AvgIpc) is 3.10. The maximum absolute atomic E-state index is 13.7. The molecule has 0 unspecified atom stereocenters. The van der Waals surface area contributed by atoms with Gasteiger partial charge < -0.3 is 9.47 Å². The first-order valence-corrected chi connectivity index (χ1v) is 14.2. The largest absolute Gasteiger partial charge is 0.492 e. The van der Waals surface area contributed by atoms with E-state index in [0.29, 0.717) is 32.2 Å². The van der Waals surface area contributed by atoms with E-state index in [4.69, 9.17) is 21.1 Å². The van der Waals surface area contributed by atoms with E-state index in [0.717, 1.165) is 24.0 Å². The van der Waals surface area contributed by atoms with Crippen molar-refractivity contribution >= 4 is 80.2 Å². The lowest BCUT2D eigenvalue weighted by Gasteiger charge is -2.24. The molecule has 0 aliphatic carbocycles. The molecule has 1 aliphatic heterocycles. The van der Waals surface area contributed by atoms with Crippen molar-refractivity contribution < 1.29 is 14.3 Å². The topological polar surface area (TPSA) is 69.9 Å². The molecule has 182 valence electrons. The van der Waals surface area contributed by atoms with Crippen LogP contribution in [0.5, 0.6) is 5.75 Å². The average molecular weight is 735 g/mol. The number of thiazole rings is 1. The summed E-state index contributed by atoms with van der Waals surface area (Å²) in [5.41, 5.74) is 2.29. The van der Waals surface area contributed by atoms with Crippen molar-refractivity contribution in [1.82, 2.24) is 4.57 Å². The van der Waals surface area contributed by atoms with E-state index in [1.54, 1.807) is 30.5 Å². The summed E-state index contributed by atoms with van der Waals surface area (Å²) in [6.07, 6.45) is 1.85. The van der Waals surface area contributed by atoms with E-state index in [2.05, 4.69) is 50.2 Å². The second-order valence-corrected chi connectivity index (χ2v) is 11.4. The van der Waals surface area contributed by atoms with Crippen LogP contribution in [-0.4, -0.2) is 23.8 Å². The van der Waals surface area contributed by atoms with E-state index in [-0.39, 0.29) is 12.2 Å². The highest BCUT2D eigenvalue weighted by atomic mass is 127. The minimum Gasteiger partial charge on any atom is -0.492 e. The van der Waals surface area contributed by atoms with Gasteiger partial charge in [-0.05, 0) is 107 Å². The zero-order valence-electron chi connectivity index (χ0n) is 19.1. The molecule has 2 heterocycles. The van der Waals surface area contributed by atoms with Crippen LogP contribution in [0.25, 0.3) is 6.08 Å². The summed E-state index contributed by atoms with van der Waals surface area (Å²) in [5.74, 6) is 0.350. The third-order valence-corrected chi connectivity index (χ3v) is 8.15. The zero-order chi connectivity index (χ0) is 25.3. The van der Waals surface area contributed by atoms with Crippen LogP contribution < -0.4 is 19.6 Å². The maximum Gasteiger partial charge on any atom is 0.338 e. The summed E-state index contributed by atoms with van der Waals surface area (Å²) in [5, 5.41) is 0.569. The summed E-state index contributed by atoms with van der Waals surface area (Å²) in [4.78, 5) is 31.8. The van der Waals surface area contributed by atoms with Gasteiger partial charge in [0.05, 0.1) is 42.2 Å². The molecular formula is C25H21ClI2N2O4S. The highest BCUT2D eigenvalue weighted by Crippen LogP contribution is 2.32. The molecule has 2 aromatic carbocycles. The number of esters is 1. The number of halogens is 3.